The molecule has 1 saturated heterocycles. The van der Waals surface area contributed by atoms with E-state index in [4.69, 9.17) is 5.26 Å². The lowest BCUT2D eigenvalue weighted by atomic mass is 10.1. The van der Waals surface area contributed by atoms with Gasteiger partial charge < -0.3 is 10.2 Å². The summed E-state index contributed by atoms with van der Waals surface area (Å²) in [6, 6.07) is 3.80. The van der Waals surface area contributed by atoms with Crippen LogP contribution in [0.25, 0.3) is 0 Å². The first-order chi connectivity index (χ1) is 8.29. The minimum Gasteiger partial charge on any atom is -0.327 e. The molecule has 5 heteroatoms. The maximum absolute atomic E-state index is 11.8. The Bertz CT molecular complexity index is 429. The summed E-state index contributed by atoms with van der Waals surface area (Å²) in [4.78, 5) is 13.2. The molecule has 0 atom stereocenters. The van der Waals surface area contributed by atoms with Gasteiger partial charge in [0, 0.05) is 0 Å². The maximum Gasteiger partial charge on any atom is 0.280 e. The summed E-state index contributed by atoms with van der Waals surface area (Å²) >= 11 is 1.40. The van der Waals surface area contributed by atoms with E-state index in [1.165, 1.54) is 35.5 Å². The first kappa shape index (κ1) is 12.1. The molecule has 1 amide bonds. The Morgan fingerprint density at radius 3 is 2.94 bits per heavy atom. The zero-order valence-electron chi connectivity index (χ0n) is 9.66. The van der Waals surface area contributed by atoms with Crippen LogP contribution in [-0.4, -0.2) is 25.5 Å². The van der Waals surface area contributed by atoms with Gasteiger partial charge in [-0.25, -0.2) is 0 Å². The van der Waals surface area contributed by atoms with Gasteiger partial charge in [-0.3, -0.25) is 4.79 Å². The van der Waals surface area contributed by atoms with Gasteiger partial charge in [-0.1, -0.05) is 0 Å². The fourth-order valence-electron chi connectivity index (χ4n) is 2.12. The van der Waals surface area contributed by atoms with Crippen LogP contribution in [0, 0.1) is 11.3 Å². The molecule has 0 bridgehead atoms. The van der Waals surface area contributed by atoms with Gasteiger partial charge in [0.2, 0.25) is 0 Å². The van der Waals surface area contributed by atoms with Crippen LogP contribution in [0.1, 0.15) is 24.8 Å². The molecule has 0 radical (unpaired) electrons. The molecule has 0 unspecified atom stereocenters. The number of nitrogens with zero attached hydrogens (tertiary/aromatic N) is 1. The van der Waals surface area contributed by atoms with Crippen molar-refractivity contribution in [2.75, 3.05) is 25.0 Å². The van der Waals surface area contributed by atoms with Gasteiger partial charge in [0.25, 0.3) is 5.91 Å². The Morgan fingerprint density at radius 1 is 1.47 bits per heavy atom. The number of rotatable bonds is 3. The predicted molar refractivity (Wildman–Crippen MR) is 67.1 cm³/mol. The number of anilines is 1. The molecule has 0 aliphatic carbocycles. The molecule has 0 spiro atoms. The van der Waals surface area contributed by atoms with Crippen molar-refractivity contribution in [1.29, 1.82) is 5.26 Å². The quantitative estimate of drug-likeness (QED) is 0.826. The number of likely N-dealkylation sites (tertiary alicyclic amines) is 1. The van der Waals surface area contributed by atoms with Crippen molar-refractivity contribution < 1.29 is 9.69 Å². The average molecular weight is 250 g/mol. The van der Waals surface area contributed by atoms with E-state index in [1.807, 2.05) is 5.38 Å². The van der Waals surface area contributed by atoms with Gasteiger partial charge in [-0.05, 0) is 30.7 Å². The van der Waals surface area contributed by atoms with Crippen molar-refractivity contribution >= 4 is 22.2 Å². The molecule has 4 nitrogen and oxygen atoms in total. The highest BCUT2D eigenvalue weighted by atomic mass is 32.1. The second kappa shape index (κ2) is 5.80. The highest BCUT2D eigenvalue weighted by molar-refractivity contribution is 7.14. The molecule has 1 aromatic heterocycles. The van der Waals surface area contributed by atoms with E-state index in [9.17, 15) is 4.79 Å². The zero-order chi connectivity index (χ0) is 12.1. The van der Waals surface area contributed by atoms with E-state index in [0.29, 0.717) is 17.1 Å². The first-order valence-electron chi connectivity index (χ1n) is 5.90. The van der Waals surface area contributed by atoms with Gasteiger partial charge >= 0.3 is 0 Å². The lowest BCUT2D eigenvalue weighted by Crippen LogP contribution is -3.13. The SMILES string of the molecule is N#Cc1ccsc1NC(=O)C[NH+]1CCCCC1. The second-order valence-electron chi connectivity index (χ2n) is 4.31. The summed E-state index contributed by atoms with van der Waals surface area (Å²) in [7, 11) is 0. The molecule has 2 N–H and O–H groups in total. The van der Waals surface area contributed by atoms with E-state index in [0.717, 1.165) is 13.1 Å². The number of nitriles is 1. The van der Waals surface area contributed by atoms with Gasteiger partial charge in [0.05, 0.1) is 18.7 Å². The molecular weight excluding hydrogens is 234 g/mol. The Hall–Kier alpha value is -1.38. The Morgan fingerprint density at radius 2 is 2.24 bits per heavy atom. The van der Waals surface area contributed by atoms with E-state index < -0.39 is 0 Å². The smallest absolute Gasteiger partial charge is 0.280 e. The van der Waals surface area contributed by atoms with Gasteiger partial charge in [-0.15, -0.1) is 11.3 Å². The molecule has 1 aliphatic heterocycles. The van der Waals surface area contributed by atoms with Crippen LogP contribution in [0.4, 0.5) is 5.00 Å². The number of carbonyl (C=O) groups is 1. The summed E-state index contributed by atoms with van der Waals surface area (Å²) < 4.78 is 0. The number of quaternary nitrogens is 1. The number of amides is 1. The number of piperidine rings is 1. The molecule has 90 valence electrons. The first-order valence-corrected chi connectivity index (χ1v) is 6.78. The topological polar surface area (TPSA) is 57.3 Å². The summed E-state index contributed by atoms with van der Waals surface area (Å²) in [6.45, 7) is 2.69. The van der Waals surface area contributed by atoms with Crippen LogP contribution < -0.4 is 10.2 Å². The third-order valence-electron chi connectivity index (χ3n) is 3.01. The molecule has 0 saturated carbocycles. The standard InChI is InChI=1S/C12H15N3OS/c13-8-10-4-7-17-12(10)14-11(16)9-15-5-2-1-3-6-15/h4,7H,1-3,5-6,9H2,(H,14,16)/p+1. The van der Waals surface area contributed by atoms with E-state index >= 15 is 0 Å². The van der Waals surface area contributed by atoms with Gasteiger partial charge in [0.15, 0.2) is 6.54 Å². The lowest BCUT2D eigenvalue weighted by Gasteiger charge is -2.22. The van der Waals surface area contributed by atoms with Crippen LogP contribution in [0.3, 0.4) is 0 Å². The maximum atomic E-state index is 11.8. The normalized spacial score (nSPS) is 16.4. The predicted octanol–water partition coefficient (Wildman–Crippen LogP) is 0.627. The van der Waals surface area contributed by atoms with Crippen molar-refractivity contribution in [2.45, 2.75) is 19.3 Å². The van der Waals surface area contributed by atoms with E-state index in [-0.39, 0.29) is 5.91 Å². The van der Waals surface area contributed by atoms with Crippen molar-refractivity contribution in [3.05, 3.63) is 17.0 Å². The van der Waals surface area contributed by atoms with Crippen molar-refractivity contribution in [3.8, 4) is 6.07 Å². The third-order valence-corrected chi connectivity index (χ3v) is 3.84. The molecule has 0 aromatic carbocycles. The molecule has 17 heavy (non-hydrogen) atoms. The molecule has 1 fully saturated rings. The fraction of sp³-hybridized carbons (Fsp3) is 0.500. The number of thiophene rings is 1. The van der Waals surface area contributed by atoms with Crippen molar-refractivity contribution in [2.24, 2.45) is 0 Å². The molecule has 2 rings (SSSR count). The molecular formula is C12H16N3OS+. The monoisotopic (exact) mass is 250 g/mol. The zero-order valence-corrected chi connectivity index (χ0v) is 10.5. The number of nitrogens with one attached hydrogen (secondary N) is 2. The highest BCUT2D eigenvalue weighted by Gasteiger charge is 2.18. The summed E-state index contributed by atoms with van der Waals surface area (Å²) in [6.07, 6.45) is 3.71. The van der Waals surface area contributed by atoms with E-state index in [2.05, 4.69) is 11.4 Å². The molecule has 1 aliphatic rings. The Labute approximate surface area is 105 Å². The average Bonchev–Trinajstić information content (AvgIpc) is 2.77. The molecule has 1 aromatic rings. The van der Waals surface area contributed by atoms with Crippen LogP contribution in [0.2, 0.25) is 0 Å². The van der Waals surface area contributed by atoms with Crippen molar-refractivity contribution in [1.82, 2.24) is 0 Å². The number of carbonyl (C=O) groups excluding carboxylic acids is 1. The molecule has 2 heterocycles. The summed E-state index contributed by atoms with van der Waals surface area (Å²) in [5.41, 5.74) is 0.553. The van der Waals surface area contributed by atoms with Gasteiger partial charge in [0.1, 0.15) is 11.1 Å². The highest BCUT2D eigenvalue weighted by Crippen LogP contribution is 2.21. The van der Waals surface area contributed by atoms with E-state index in [1.54, 1.807) is 6.07 Å². The summed E-state index contributed by atoms with van der Waals surface area (Å²) in [5, 5.41) is 14.2. The van der Waals surface area contributed by atoms with Crippen LogP contribution >= 0.6 is 11.3 Å². The minimum absolute atomic E-state index is 0.0147. The van der Waals surface area contributed by atoms with Crippen LogP contribution in [0.15, 0.2) is 11.4 Å². The second-order valence-corrected chi connectivity index (χ2v) is 5.23. The lowest BCUT2D eigenvalue weighted by molar-refractivity contribution is -0.896. The van der Waals surface area contributed by atoms with Gasteiger partial charge in [-0.2, -0.15) is 5.26 Å². The Kier molecular flexibility index (Phi) is 4.13. The minimum atomic E-state index is 0.0147. The largest absolute Gasteiger partial charge is 0.327 e. The van der Waals surface area contributed by atoms with Crippen molar-refractivity contribution in [3.63, 3.8) is 0 Å². The fourth-order valence-corrected chi connectivity index (χ4v) is 2.87. The number of hydrogen-bond donors (Lipinski definition) is 2. The summed E-state index contributed by atoms with van der Waals surface area (Å²) in [5.74, 6) is 0.0147. The Balaban J connectivity index is 1.87. The third kappa shape index (κ3) is 3.29. The van der Waals surface area contributed by atoms with Crippen LogP contribution in [-0.2, 0) is 4.79 Å². The van der Waals surface area contributed by atoms with Crippen LogP contribution in [0.5, 0.6) is 0 Å². The number of hydrogen-bond acceptors (Lipinski definition) is 3.